The Morgan fingerprint density at radius 2 is 2.00 bits per heavy atom. The van der Waals surface area contributed by atoms with E-state index in [1.165, 1.54) is 0 Å². The third kappa shape index (κ3) is 4.75. The number of benzene rings is 2. The van der Waals surface area contributed by atoms with Crippen molar-refractivity contribution in [3.8, 4) is 5.75 Å². The minimum Gasteiger partial charge on any atom is -0.494 e. The fourth-order valence-electron chi connectivity index (χ4n) is 2.39. The molecule has 3 rings (SSSR count). The first kappa shape index (κ1) is 19.1. The molecule has 138 valence electrons. The number of carbonyl (C=O) groups is 2. The van der Waals surface area contributed by atoms with Gasteiger partial charge in [0.15, 0.2) is 4.32 Å². The van der Waals surface area contributed by atoms with Crippen LogP contribution < -0.4 is 10.2 Å². The van der Waals surface area contributed by atoms with Crippen molar-refractivity contribution in [2.45, 2.75) is 13.3 Å². The van der Waals surface area contributed by atoms with E-state index in [1.54, 1.807) is 30.3 Å². The van der Waals surface area contributed by atoms with Crippen molar-refractivity contribution in [1.82, 2.24) is 10.4 Å². The number of rotatable bonds is 6. The van der Waals surface area contributed by atoms with Crippen molar-refractivity contribution >= 4 is 46.2 Å². The lowest BCUT2D eigenvalue weighted by Crippen LogP contribution is -2.44. The summed E-state index contributed by atoms with van der Waals surface area (Å²) in [5.74, 6) is 0.00994. The number of hydrogen-bond acceptors (Lipinski definition) is 5. The first-order valence-corrected chi connectivity index (χ1v) is 9.68. The summed E-state index contributed by atoms with van der Waals surface area (Å²) in [6, 6.07) is 16.2. The smallest absolute Gasteiger partial charge is 0.285 e. The highest BCUT2D eigenvalue weighted by Crippen LogP contribution is 2.32. The first-order chi connectivity index (χ1) is 13.1. The van der Waals surface area contributed by atoms with E-state index in [-0.39, 0.29) is 16.1 Å². The number of thioether (sulfide) groups is 1. The molecule has 27 heavy (non-hydrogen) atoms. The normalized spacial score (nSPS) is 15.3. The van der Waals surface area contributed by atoms with E-state index >= 15 is 0 Å². The number of carbonyl (C=O) groups excluding carboxylic acids is 2. The maximum Gasteiger partial charge on any atom is 0.285 e. The van der Waals surface area contributed by atoms with Crippen molar-refractivity contribution in [3.05, 3.63) is 70.6 Å². The highest BCUT2D eigenvalue weighted by molar-refractivity contribution is 8.26. The predicted molar refractivity (Wildman–Crippen MR) is 111 cm³/mol. The molecule has 2 aromatic carbocycles. The molecular weight excluding hydrogens is 380 g/mol. The summed E-state index contributed by atoms with van der Waals surface area (Å²) >= 11 is 6.40. The Hall–Kier alpha value is -2.64. The lowest BCUT2D eigenvalue weighted by Gasteiger charge is -2.15. The highest BCUT2D eigenvalue weighted by Gasteiger charge is 2.33. The quantitative estimate of drug-likeness (QED) is 0.588. The Morgan fingerprint density at radius 1 is 1.22 bits per heavy atom. The minimum atomic E-state index is -0.386. The zero-order valence-corrected chi connectivity index (χ0v) is 16.3. The Bertz CT molecular complexity index is 897. The molecule has 1 fully saturated rings. The van der Waals surface area contributed by atoms with Crippen molar-refractivity contribution in [2.24, 2.45) is 0 Å². The average molecular weight is 399 g/mol. The van der Waals surface area contributed by atoms with E-state index < -0.39 is 0 Å². The molecular formula is C20H18N2O3S2. The molecule has 5 nitrogen and oxygen atoms in total. The van der Waals surface area contributed by atoms with Crippen molar-refractivity contribution in [1.29, 1.82) is 0 Å². The van der Waals surface area contributed by atoms with Gasteiger partial charge in [0, 0.05) is 5.56 Å². The van der Waals surface area contributed by atoms with Gasteiger partial charge in [-0.25, -0.2) is 0 Å². The molecule has 2 amide bonds. The summed E-state index contributed by atoms with van der Waals surface area (Å²) in [4.78, 5) is 25.4. The van der Waals surface area contributed by atoms with Crippen LogP contribution in [0.3, 0.4) is 0 Å². The summed E-state index contributed by atoms with van der Waals surface area (Å²) in [7, 11) is 0. The number of amides is 2. The van der Waals surface area contributed by atoms with Gasteiger partial charge in [0.1, 0.15) is 5.75 Å². The van der Waals surface area contributed by atoms with E-state index in [2.05, 4.69) is 5.43 Å². The van der Waals surface area contributed by atoms with Crippen LogP contribution in [-0.4, -0.2) is 27.8 Å². The second kappa shape index (κ2) is 8.83. The molecule has 1 saturated heterocycles. The monoisotopic (exact) mass is 398 g/mol. The van der Waals surface area contributed by atoms with Crippen LogP contribution in [0.25, 0.3) is 6.08 Å². The van der Waals surface area contributed by atoms with Crippen LogP contribution in [0, 0.1) is 0 Å². The third-order valence-electron chi connectivity index (χ3n) is 3.67. The maximum absolute atomic E-state index is 12.6. The third-order valence-corrected chi connectivity index (χ3v) is 4.97. The van der Waals surface area contributed by atoms with Crippen LogP contribution in [0.1, 0.15) is 29.3 Å². The topological polar surface area (TPSA) is 58.6 Å². The summed E-state index contributed by atoms with van der Waals surface area (Å²) < 4.78 is 5.90. The predicted octanol–water partition coefficient (Wildman–Crippen LogP) is 4.02. The van der Waals surface area contributed by atoms with Gasteiger partial charge in [-0.1, -0.05) is 49.0 Å². The van der Waals surface area contributed by atoms with Crippen LogP contribution in [0.4, 0.5) is 0 Å². The molecule has 0 unspecified atom stereocenters. The van der Waals surface area contributed by atoms with E-state index in [9.17, 15) is 9.59 Å². The molecule has 1 aliphatic rings. The molecule has 0 radical (unpaired) electrons. The van der Waals surface area contributed by atoms with Gasteiger partial charge in [-0.15, -0.1) is 0 Å². The number of nitrogens with one attached hydrogen (secondary N) is 1. The molecule has 0 saturated carbocycles. The number of ether oxygens (including phenoxy) is 1. The van der Waals surface area contributed by atoms with E-state index in [0.29, 0.717) is 17.1 Å². The standard InChI is InChI=1S/C20H18N2O3S2/c1-2-11-25-16-10-6-7-14(12-16)13-17-19(24)22(20(26)27-17)21-18(23)15-8-4-3-5-9-15/h3-10,12-13H,2,11H2,1H3,(H,21,23)/b17-13+. The molecule has 0 spiro atoms. The van der Waals surface area contributed by atoms with Crippen molar-refractivity contribution in [3.63, 3.8) is 0 Å². The van der Waals surface area contributed by atoms with Gasteiger partial charge < -0.3 is 4.74 Å². The first-order valence-electron chi connectivity index (χ1n) is 8.45. The summed E-state index contributed by atoms with van der Waals surface area (Å²) in [6.07, 6.45) is 2.66. The second-order valence-corrected chi connectivity index (χ2v) is 7.42. The lowest BCUT2D eigenvalue weighted by atomic mass is 10.2. The molecule has 2 aromatic rings. The molecule has 1 aliphatic heterocycles. The van der Waals surface area contributed by atoms with Gasteiger partial charge in [0.2, 0.25) is 0 Å². The number of hydrazine groups is 1. The Labute approximate surface area is 167 Å². The molecule has 1 N–H and O–H groups in total. The zero-order chi connectivity index (χ0) is 19.2. The van der Waals surface area contributed by atoms with E-state index in [4.69, 9.17) is 17.0 Å². The molecule has 0 aliphatic carbocycles. The fraction of sp³-hybridized carbons (Fsp3) is 0.150. The summed E-state index contributed by atoms with van der Waals surface area (Å²) in [5, 5.41) is 1.11. The number of thiocarbonyl (C=S) groups is 1. The Morgan fingerprint density at radius 3 is 2.74 bits per heavy atom. The highest BCUT2D eigenvalue weighted by atomic mass is 32.2. The van der Waals surface area contributed by atoms with Crippen LogP contribution in [-0.2, 0) is 4.79 Å². The van der Waals surface area contributed by atoms with Crippen molar-refractivity contribution < 1.29 is 14.3 Å². The van der Waals surface area contributed by atoms with Crippen LogP contribution in [0.5, 0.6) is 5.75 Å². The SMILES string of the molecule is CCCOc1cccc(/C=C2/SC(=S)N(NC(=O)c3ccccc3)C2=O)c1. The maximum atomic E-state index is 12.6. The van der Waals surface area contributed by atoms with Crippen LogP contribution in [0.2, 0.25) is 0 Å². The average Bonchev–Trinajstić information content (AvgIpc) is 2.94. The van der Waals surface area contributed by atoms with Gasteiger partial charge >= 0.3 is 0 Å². The molecule has 0 bridgehead atoms. The molecule has 1 heterocycles. The largest absolute Gasteiger partial charge is 0.494 e. The van der Waals surface area contributed by atoms with E-state index in [1.807, 2.05) is 37.3 Å². The number of hydrogen-bond donors (Lipinski definition) is 1. The molecule has 0 aromatic heterocycles. The number of nitrogens with zero attached hydrogens (tertiary/aromatic N) is 1. The zero-order valence-electron chi connectivity index (χ0n) is 14.7. The van der Waals surface area contributed by atoms with Gasteiger partial charge in [-0.2, -0.15) is 5.01 Å². The van der Waals surface area contributed by atoms with Gasteiger partial charge in [-0.3, -0.25) is 15.0 Å². The second-order valence-electron chi connectivity index (χ2n) is 5.75. The fourth-order valence-corrected chi connectivity index (χ4v) is 3.56. The summed E-state index contributed by atoms with van der Waals surface area (Å²) in [5.41, 5.74) is 3.85. The van der Waals surface area contributed by atoms with Gasteiger partial charge in [0.25, 0.3) is 11.8 Å². The van der Waals surface area contributed by atoms with Gasteiger partial charge in [0.05, 0.1) is 11.5 Å². The summed E-state index contributed by atoms with van der Waals surface area (Å²) in [6.45, 7) is 2.68. The Balaban J connectivity index is 1.74. The molecule has 0 atom stereocenters. The van der Waals surface area contributed by atoms with Crippen molar-refractivity contribution in [2.75, 3.05) is 6.61 Å². The van der Waals surface area contributed by atoms with Crippen LogP contribution >= 0.6 is 24.0 Å². The minimum absolute atomic E-state index is 0.286. The Kier molecular flexibility index (Phi) is 6.26. The van der Waals surface area contributed by atoms with Gasteiger partial charge in [-0.05, 0) is 54.5 Å². The molecule has 7 heteroatoms. The van der Waals surface area contributed by atoms with Crippen LogP contribution in [0.15, 0.2) is 59.5 Å². The van der Waals surface area contributed by atoms with E-state index in [0.717, 1.165) is 34.5 Å². The lowest BCUT2D eigenvalue weighted by molar-refractivity contribution is -0.123.